The van der Waals surface area contributed by atoms with Crippen molar-refractivity contribution in [1.29, 1.82) is 0 Å². The second kappa shape index (κ2) is 9.47. The van der Waals surface area contributed by atoms with Crippen LogP contribution in [0.5, 0.6) is 5.75 Å². The number of hydrogen-bond donors (Lipinski definition) is 2. The summed E-state index contributed by atoms with van der Waals surface area (Å²) in [7, 11) is 3.25. The van der Waals surface area contributed by atoms with Gasteiger partial charge in [-0.1, -0.05) is 30.3 Å². The smallest absolute Gasteiger partial charge is 0.358 e. The van der Waals surface area contributed by atoms with E-state index in [2.05, 4.69) is 9.72 Å². The van der Waals surface area contributed by atoms with E-state index in [1.54, 1.807) is 20.3 Å². The van der Waals surface area contributed by atoms with Gasteiger partial charge in [-0.25, -0.2) is 9.78 Å². The van der Waals surface area contributed by atoms with Gasteiger partial charge in [0.15, 0.2) is 11.4 Å². The molecule has 0 saturated carbocycles. The Morgan fingerprint density at radius 3 is 2.41 bits per heavy atom. The van der Waals surface area contributed by atoms with Crippen LogP contribution < -0.4 is 5.56 Å². The molecule has 2 aromatic heterocycles. The summed E-state index contributed by atoms with van der Waals surface area (Å²) < 4.78 is 6.07. The normalized spacial score (nSPS) is 10.3. The lowest BCUT2D eigenvalue weighted by molar-refractivity contribution is 0.0687. The predicted octanol–water partition coefficient (Wildman–Crippen LogP) is 2.91. The Balaban J connectivity index is 0.000000817. The van der Waals surface area contributed by atoms with Crippen molar-refractivity contribution >= 4 is 39.5 Å². The number of methoxy groups -OCH3 is 1. The molecule has 3 rings (SSSR count). The van der Waals surface area contributed by atoms with Gasteiger partial charge < -0.3 is 19.5 Å². The van der Waals surface area contributed by atoms with Crippen LogP contribution in [0.15, 0.2) is 47.3 Å². The molecular formula is C19H19IN2O5. The third-order valence-electron chi connectivity index (χ3n) is 3.73. The molecule has 0 radical (unpaired) electrons. The van der Waals surface area contributed by atoms with Crippen LogP contribution in [0.4, 0.5) is 0 Å². The van der Waals surface area contributed by atoms with E-state index < -0.39 is 17.4 Å². The fourth-order valence-corrected chi connectivity index (χ4v) is 3.26. The third-order valence-corrected chi connectivity index (χ3v) is 4.56. The van der Waals surface area contributed by atoms with Crippen molar-refractivity contribution in [2.75, 3.05) is 14.2 Å². The van der Waals surface area contributed by atoms with E-state index in [4.69, 9.17) is 0 Å². The molecule has 2 heterocycles. The molecule has 27 heavy (non-hydrogen) atoms. The number of benzene rings is 1. The number of carboxylic acids is 1. The minimum atomic E-state index is -1.33. The van der Waals surface area contributed by atoms with Crippen LogP contribution in [0.2, 0.25) is 0 Å². The number of ether oxygens (including phenoxy) is 1. The molecule has 0 saturated heterocycles. The molecule has 8 heteroatoms. The summed E-state index contributed by atoms with van der Waals surface area (Å²) in [6.07, 6.45) is 0.584. The van der Waals surface area contributed by atoms with Crippen LogP contribution in [-0.2, 0) is 17.7 Å². The summed E-state index contributed by atoms with van der Waals surface area (Å²) in [4.78, 5) is 27.5. The standard InChI is InChI=1S/C17H13IN2O4.C2H6O/c18-16-11-6-7-12(21)20(9-8-10-4-2-1-3-5-10)14(11)15(22)13(19-16)17(23)24;1-3-2/h1-7,22H,8-9H2,(H,23,24);1-2H3. The topological polar surface area (TPSA) is 102 Å². The zero-order valence-corrected chi connectivity index (χ0v) is 17.0. The van der Waals surface area contributed by atoms with Crippen LogP contribution in [0.3, 0.4) is 0 Å². The van der Waals surface area contributed by atoms with Gasteiger partial charge in [-0.15, -0.1) is 0 Å². The third kappa shape index (κ3) is 4.83. The van der Waals surface area contributed by atoms with Crippen molar-refractivity contribution in [3.05, 3.63) is 67.8 Å². The average molecular weight is 482 g/mol. The van der Waals surface area contributed by atoms with Gasteiger partial charge in [0.05, 0.1) is 5.52 Å². The van der Waals surface area contributed by atoms with Crippen molar-refractivity contribution in [3.8, 4) is 5.75 Å². The summed E-state index contributed by atoms with van der Waals surface area (Å²) in [6.45, 7) is 0.326. The molecule has 0 unspecified atom stereocenters. The van der Waals surface area contributed by atoms with Crippen molar-refractivity contribution in [3.63, 3.8) is 0 Å². The Labute approximate surface area is 169 Å². The van der Waals surface area contributed by atoms with Gasteiger partial charge in [0.1, 0.15) is 3.70 Å². The molecule has 142 valence electrons. The van der Waals surface area contributed by atoms with Gasteiger partial charge in [0.2, 0.25) is 0 Å². The Bertz CT molecular complexity index is 1000. The highest BCUT2D eigenvalue weighted by molar-refractivity contribution is 14.1. The van der Waals surface area contributed by atoms with E-state index in [1.165, 1.54) is 10.6 Å². The van der Waals surface area contributed by atoms with Crippen molar-refractivity contribution < 1.29 is 19.7 Å². The Kier molecular flexibility index (Phi) is 7.31. The molecule has 0 amide bonds. The average Bonchev–Trinajstić information content (AvgIpc) is 2.64. The van der Waals surface area contributed by atoms with Crippen molar-refractivity contribution in [1.82, 2.24) is 9.55 Å². The Morgan fingerprint density at radius 2 is 1.81 bits per heavy atom. The minimum absolute atomic E-state index is 0.204. The van der Waals surface area contributed by atoms with Crippen molar-refractivity contribution in [2.24, 2.45) is 0 Å². The summed E-state index contributed by atoms with van der Waals surface area (Å²) in [5.41, 5.74) is 0.497. The predicted molar refractivity (Wildman–Crippen MR) is 110 cm³/mol. The van der Waals surface area contributed by atoms with Crippen LogP contribution in [-0.4, -0.2) is 40.0 Å². The van der Waals surface area contributed by atoms with Gasteiger partial charge in [-0.3, -0.25) is 4.79 Å². The summed E-state index contributed by atoms with van der Waals surface area (Å²) in [5, 5.41) is 20.1. The number of nitrogens with zero attached hydrogens (tertiary/aromatic N) is 2. The van der Waals surface area contributed by atoms with E-state index >= 15 is 0 Å². The maximum absolute atomic E-state index is 12.3. The number of aryl methyl sites for hydroxylation is 2. The zero-order chi connectivity index (χ0) is 20.0. The second-order valence-corrected chi connectivity index (χ2v) is 6.66. The van der Waals surface area contributed by atoms with E-state index in [9.17, 15) is 19.8 Å². The number of aromatic hydroxyl groups is 1. The fraction of sp³-hybridized carbons (Fsp3) is 0.211. The number of aromatic carboxylic acids is 1. The number of rotatable bonds is 4. The number of halogens is 1. The molecule has 0 atom stereocenters. The van der Waals surface area contributed by atoms with E-state index in [0.717, 1.165) is 5.56 Å². The maximum Gasteiger partial charge on any atom is 0.358 e. The first-order valence-corrected chi connectivity index (χ1v) is 9.08. The summed E-state index contributed by atoms with van der Waals surface area (Å²) >= 11 is 1.90. The number of fused-ring (bicyclic) bond motifs is 1. The molecule has 0 aliphatic heterocycles. The van der Waals surface area contributed by atoms with E-state index in [-0.39, 0.29) is 11.1 Å². The second-order valence-electron chi connectivity index (χ2n) is 5.63. The number of carbonyl (C=O) groups is 1. The molecule has 0 aliphatic carbocycles. The monoisotopic (exact) mass is 482 g/mol. The molecule has 0 fully saturated rings. The first-order valence-electron chi connectivity index (χ1n) is 8.00. The van der Waals surface area contributed by atoms with Gasteiger partial charge in [0.25, 0.3) is 5.56 Å². The molecular weight excluding hydrogens is 463 g/mol. The highest BCUT2D eigenvalue weighted by Crippen LogP contribution is 2.29. The molecule has 1 aromatic carbocycles. The van der Waals surface area contributed by atoms with E-state index in [1.807, 2.05) is 52.9 Å². The lowest BCUT2D eigenvalue weighted by Crippen LogP contribution is -2.21. The Morgan fingerprint density at radius 1 is 1.19 bits per heavy atom. The number of aromatic nitrogens is 2. The molecule has 7 nitrogen and oxygen atoms in total. The molecule has 0 spiro atoms. The summed E-state index contributed by atoms with van der Waals surface area (Å²) in [6, 6.07) is 12.6. The van der Waals surface area contributed by atoms with E-state index in [0.29, 0.717) is 22.1 Å². The van der Waals surface area contributed by atoms with Crippen LogP contribution in [0.1, 0.15) is 16.1 Å². The molecule has 0 aliphatic rings. The maximum atomic E-state index is 12.3. The zero-order valence-electron chi connectivity index (χ0n) is 14.8. The van der Waals surface area contributed by atoms with Crippen LogP contribution in [0, 0.1) is 3.70 Å². The van der Waals surface area contributed by atoms with Crippen molar-refractivity contribution in [2.45, 2.75) is 13.0 Å². The van der Waals surface area contributed by atoms with Gasteiger partial charge in [-0.05, 0) is 40.6 Å². The highest BCUT2D eigenvalue weighted by Gasteiger charge is 2.20. The SMILES string of the molecule is COC.O=C(O)c1nc(I)c2ccc(=O)n(CCc3ccccc3)c2c1O. The molecule has 2 N–H and O–H groups in total. The quantitative estimate of drug-likeness (QED) is 0.438. The number of carboxylic acid groups (broad SMARTS) is 1. The largest absolute Gasteiger partial charge is 0.504 e. The van der Waals surface area contributed by atoms with Gasteiger partial charge >= 0.3 is 5.97 Å². The van der Waals surface area contributed by atoms with Crippen LogP contribution in [0.25, 0.3) is 10.9 Å². The lowest BCUT2D eigenvalue weighted by atomic mass is 10.1. The lowest BCUT2D eigenvalue weighted by Gasteiger charge is -2.13. The first kappa shape index (κ1) is 20.8. The number of hydrogen-bond acceptors (Lipinski definition) is 5. The molecule has 3 aromatic rings. The summed E-state index contributed by atoms with van der Waals surface area (Å²) in [5.74, 6) is -1.82. The van der Waals surface area contributed by atoms with Crippen LogP contribution >= 0.6 is 22.6 Å². The Hall–Kier alpha value is -2.46. The van der Waals surface area contributed by atoms with Gasteiger partial charge in [-0.2, -0.15) is 0 Å². The highest BCUT2D eigenvalue weighted by atomic mass is 127. The minimum Gasteiger partial charge on any atom is -0.504 e. The van der Waals surface area contributed by atoms with Gasteiger partial charge in [0, 0.05) is 32.2 Å². The fourth-order valence-electron chi connectivity index (χ4n) is 2.58. The molecule has 0 bridgehead atoms. The first-order chi connectivity index (χ1) is 12.9. The number of pyridine rings is 2.